The van der Waals surface area contributed by atoms with Crippen LogP contribution in [0.5, 0.6) is 0 Å². The molecule has 0 saturated carbocycles. The van der Waals surface area contributed by atoms with Crippen molar-refractivity contribution in [2.24, 2.45) is 7.05 Å². The van der Waals surface area contributed by atoms with Crippen LogP contribution in [0.4, 0.5) is 4.39 Å². The van der Waals surface area contributed by atoms with Crippen molar-refractivity contribution in [1.29, 1.82) is 0 Å². The molecule has 0 unspecified atom stereocenters. The van der Waals surface area contributed by atoms with E-state index in [1.54, 1.807) is 15.3 Å². The SMILES string of the molecule is CCc1nn(C)cc1-n1c(=S)[nH]c2cc(Cl)c(F)cc21. The number of fused-ring (bicyclic) bond motifs is 1. The fraction of sp³-hybridized carbons (Fsp3) is 0.231. The smallest absolute Gasteiger partial charge is 0.182 e. The number of halogens is 2. The molecule has 1 N–H and O–H groups in total. The largest absolute Gasteiger partial charge is 0.330 e. The van der Waals surface area contributed by atoms with Crippen LogP contribution in [0.2, 0.25) is 5.02 Å². The Hall–Kier alpha value is -1.66. The third kappa shape index (κ3) is 1.96. The first-order valence-corrected chi connectivity index (χ1v) is 6.92. The second kappa shape index (κ2) is 4.71. The minimum absolute atomic E-state index is 0.0720. The minimum Gasteiger partial charge on any atom is -0.330 e. The van der Waals surface area contributed by atoms with Crippen molar-refractivity contribution in [3.8, 4) is 5.69 Å². The lowest BCUT2D eigenvalue weighted by molar-refractivity contribution is 0.629. The Morgan fingerprint density at radius 2 is 2.20 bits per heavy atom. The Labute approximate surface area is 124 Å². The monoisotopic (exact) mass is 310 g/mol. The van der Waals surface area contributed by atoms with Crippen molar-refractivity contribution < 1.29 is 4.39 Å². The third-order valence-electron chi connectivity index (χ3n) is 3.18. The number of hydrogen-bond acceptors (Lipinski definition) is 2. The van der Waals surface area contributed by atoms with Crippen molar-refractivity contribution in [2.45, 2.75) is 13.3 Å². The zero-order chi connectivity index (χ0) is 14.4. The molecule has 7 heteroatoms. The standard InChI is InChI=1S/C13H12ClFN4S/c1-3-9-12(6-18(2)17-9)19-11-5-8(15)7(14)4-10(11)16-13(19)20/h4-6H,3H2,1-2H3,(H,16,20). The highest BCUT2D eigenvalue weighted by molar-refractivity contribution is 7.71. The summed E-state index contributed by atoms with van der Waals surface area (Å²) in [6.07, 6.45) is 2.63. The van der Waals surface area contributed by atoms with E-state index in [-0.39, 0.29) is 5.02 Å². The van der Waals surface area contributed by atoms with E-state index < -0.39 is 5.82 Å². The second-order valence-corrected chi connectivity index (χ2v) is 5.33. The number of benzene rings is 1. The van der Waals surface area contributed by atoms with Gasteiger partial charge in [0.2, 0.25) is 0 Å². The van der Waals surface area contributed by atoms with E-state index in [1.807, 2.05) is 20.2 Å². The fourth-order valence-electron chi connectivity index (χ4n) is 2.30. The lowest BCUT2D eigenvalue weighted by Crippen LogP contribution is -1.97. The van der Waals surface area contributed by atoms with Gasteiger partial charge in [-0.05, 0) is 24.7 Å². The molecular weight excluding hydrogens is 299 g/mol. The Kier molecular flexibility index (Phi) is 3.14. The molecule has 0 radical (unpaired) electrons. The number of nitrogens with one attached hydrogen (secondary N) is 1. The molecule has 2 aromatic heterocycles. The fourth-order valence-corrected chi connectivity index (χ4v) is 2.77. The average molecular weight is 311 g/mol. The van der Waals surface area contributed by atoms with Crippen LogP contribution in [0, 0.1) is 10.6 Å². The molecule has 0 saturated heterocycles. The van der Waals surface area contributed by atoms with Gasteiger partial charge in [0, 0.05) is 19.3 Å². The lowest BCUT2D eigenvalue weighted by atomic mass is 10.2. The summed E-state index contributed by atoms with van der Waals surface area (Å²) in [6, 6.07) is 2.93. The second-order valence-electron chi connectivity index (χ2n) is 4.54. The molecule has 20 heavy (non-hydrogen) atoms. The number of aromatic nitrogens is 4. The zero-order valence-corrected chi connectivity index (χ0v) is 12.5. The highest BCUT2D eigenvalue weighted by Gasteiger charge is 2.14. The van der Waals surface area contributed by atoms with E-state index in [9.17, 15) is 4.39 Å². The highest BCUT2D eigenvalue weighted by atomic mass is 35.5. The molecule has 0 aliphatic rings. The molecule has 0 atom stereocenters. The first-order valence-electron chi connectivity index (χ1n) is 6.14. The average Bonchev–Trinajstić information content (AvgIpc) is 2.89. The third-order valence-corrected chi connectivity index (χ3v) is 3.76. The molecule has 0 amide bonds. The summed E-state index contributed by atoms with van der Waals surface area (Å²) in [5.74, 6) is -0.469. The number of aryl methyl sites for hydroxylation is 2. The van der Waals surface area contributed by atoms with Crippen LogP contribution >= 0.6 is 23.8 Å². The van der Waals surface area contributed by atoms with E-state index in [2.05, 4.69) is 10.1 Å². The lowest BCUT2D eigenvalue weighted by Gasteiger charge is -2.04. The molecule has 3 rings (SSSR count). The molecule has 0 aliphatic carbocycles. The maximum atomic E-state index is 13.7. The summed E-state index contributed by atoms with van der Waals surface area (Å²) < 4.78 is 17.7. The van der Waals surface area contributed by atoms with Crippen LogP contribution in [0.15, 0.2) is 18.3 Å². The van der Waals surface area contributed by atoms with Gasteiger partial charge in [-0.3, -0.25) is 9.25 Å². The van der Waals surface area contributed by atoms with Crippen LogP contribution < -0.4 is 0 Å². The first kappa shape index (κ1) is 13.3. The zero-order valence-electron chi connectivity index (χ0n) is 10.9. The van der Waals surface area contributed by atoms with E-state index in [4.69, 9.17) is 23.8 Å². The number of nitrogens with zero attached hydrogens (tertiary/aromatic N) is 3. The highest BCUT2D eigenvalue weighted by Crippen LogP contribution is 2.26. The number of hydrogen-bond donors (Lipinski definition) is 1. The topological polar surface area (TPSA) is 38.5 Å². The van der Waals surface area contributed by atoms with Crippen LogP contribution in [0.25, 0.3) is 16.7 Å². The van der Waals surface area contributed by atoms with Crippen molar-refractivity contribution in [3.63, 3.8) is 0 Å². The molecular formula is C13H12ClFN4S. The van der Waals surface area contributed by atoms with Crippen LogP contribution in [-0.2, 0) is 13.5 Å². The van der Waals surface area contributed by atoms with Crippen LogP contribution in [0.3, 0.4) is 0 Å². The normalized spacial score (nSPS) is 11.4. The maximum Gasteiger partial charge on any atom is 0.182 e. The number of imidazole rings is 1. The minimum atomic E-state index is -0.469. The van der Waals surface area contributed by atoms with Gasteiger partial charge < -0.3 is 4.98 Å². The predicted molar refractivity (Wildman–Crippen MR) is 79.6 cm³/mol. The molecule has 2 heterocycles. The maximum absolute atomic E-state index is 13.7. The molecule has 4 nitrogen and oxygen atoms in total. The molecule has 0 fully saturated rings. The Balaban J connectivity index is 2.38. The molecule has 104 valence electrons. The summed E-state index contributed by atoms with van der Waals surface area (Å²) in [6.45, 7) is 2.02. The van der Waals surface area contributed by atoms with Gasteiger partial charge >= 0.3 is 0 Å². The van der Waals surface area contributed by atoms with Gasteiger partial charge in [-0.2, -0.15) is 5.10 Å². The molecule has 0 aliphatic heterocycles. The van der Waals surface area contributed by atoms with Gasteiger partial charge in [0.05, 0.1) is 27.4 Å². The molecule has 3 aromatic rings. The molecule has 0 spiro atoms. The van der Waals surface area contributed by atoms with Gasteiger partial charge in [0.25, 0.3) is 0 Å². The van der Waals surface area contributed by atoms with Gasteiger partial charge in [-0.1, -0.05) is 18.5 Å². The van der Waals surface area contributed by atoms with E-state index >= 15 is 0 Å². The van der Waals surface area contributed by atoms with Crippen molar-refractivity contribution in [2.75, 3.05) is 0 Å². The number of H-pyrrole nitrogens is 1. The van der Waals surface area contributed by atoms with Gasteiger partial charge in [-0.15, -0.1) is 0 Å². The van der Waals surface area contributed by atoms with Crippen LogP contribution in [0.1, 0.15) is 12.6 Å². The Morgan fingerprint density at radius 3 is 2.90 bits per heavy atom. The first-order chi connectivity index (χ1) is 9.51. The van der Waals surface area contributed by atoms with E-state index in [1.165, 1.54) is 6.07 Å². The van der Waals surface area contributed by atoms with Crippen molar-refractivity contribution >= 4 is 34.9 Å². The van der Waals surface area contributed by atoms with Crippen molar-refractivity contribution in [3.05, 3.63) is 39.6 Å². The Morgan fingerprint density at radius 1 is 1.45 bits per heavy atom. The molecule has 0 bridgehead atoms. The van der Waals surface area contributed by atoms with Gasteiger partial charge in [-0.25, -0.2) is 4.39 Å². The van der Waals surface area contributed by atoms with Gasteiger partial charge in [0.1, 0.15) is 5.82 Å². The van der Waals surface area contributed by atoms with E-state index in [0.29, 0.717) is 15.8 Å². The van der Waals surface area contributed by atoms with Crippen LogP contribution in [-0.4, -0.2) is 19.3 Å². The molecule has 1 aromatic carbocycles. The summed E-state index contributed by atoms with van der Waals surface area (Å²) in [4.78, 5) is 3.04. The summed E-state index contributed by atoms with van der Waals surface area (Å²) in [7, 11) is 1.85. The number of aromatic amines is 1. The van der Waals surface area contributed by atoms with E-state index in [0.717, 1.165) is 17.8 Å². The summed E-state index contributed by atoms with van der Waals surface area (Å²) in [5, 5.41) is 4.46. The quantitative estimate of drug-likeness (QED) is 0.732. The number of rotatable bonds is 2. The Bertz CT molecular complexity index is 861. The van der Waals surface area contributed by atoms with Gasteiger partial charge in [0.15, 0.2) is 4.77 Å². The summed E-state index contributed by atoms with van der Waals surface area (Å²) >= 11 is 11.1. The summed E-state index contributed by atoms with van der Waals surface area (Å²) in [5.41, 5.74) is 3.11. The van der Waals surface area contributed by atoms with Crippen molar-refractivity contribution in [1.82, 2.24) is 19.3 Å². The predicted octanol–water partition coefficient (Wildman–Crippen LogP) is 3.78.